The van der Waals surface area contributed by atoms with Crippen LogP contribution >= 0.6 is 0 Å². The summed E-state index contributed by atoms with van der Waals surface area (Å²) >= 11 is 0. The Bertz CT molecular complexity index is 654. The van der Waals surface area contributed by atoms with Crippen LogP contribution in [0.25, 0.3) is 0 Å². The number of aryl methyl sites for hydroxylation is 2. The maximum absolute atomic E-state index is 12.2. The van der Waals surface area contributed by atoms with Gasteiger partial charge in [-0.25, -0.2) is 0 Å². The summed E-state index contributed by atoms with van der Waals surface area (Å²) in [6.07, 6.45) is 0.807. The van der Waals surface area contributed by atoms with E-state index < -0.39 is 0 Å². The minimum atomic E-state index is -0.0190. The molecule has 0 aliphatic carbocycles. The van der Waals surface area contributed by atoms with Gasteiger partial charge in [-0.2, -0.15) is 5.10 Å². The van der Waals surface area contributed by atoms with E-state index in [1.54, 1.807) is 0 Å². The highest BCUT2D eigenvalue weighted by Crippen LogP contribution is 2.15. The molecule has 0 bridgehead atoms. The molecule has 0 fully saturated rings. The molecular weight excluding hydrogens is 274 g/mol. The summed E-state index contributed by atoms with van der Waals surface area (Å²) in [5, 5.41) is 7.38. The van der Waals surface area contributed by atoms with Crippen LogP contribution in [0.1, 0.15) is 52.6 Å². The number of carbonyl (C=O) groups excluding carboxylic acids is 1. The summed E-state index contributed by atoms with van der Waals surface area (Å²) < 4.78 is 1.89. The summed E-state index contributed by atoms with van der Waals surface area (Å²) in [4.78, 5) is 12.2. The molecule has 0 unspecified atom stereocenters. The first-order valence-electron chi connectivity index (χ1n) is 7.77. The Morgan fingerprint density at radius 2 is 1.86 bits per heavy atom. The van der Waals surface area contributed by atoms with Crippen molar-refractivity contribution in [1.82, 2.24) is 15.1 Å². The van der Waals surface area contributed by atoms with Gasteiger partial charge in [-0.1, -0.05) is 26.0 Å². The molecule has 1 aromatic heterocycles. The number of rotatable bonds is 5. The van der Waals surface area contributed by atoms with E-state index in [9.17, 15) is 4.79 Å². The van der Waals surface area contributed by atoms with Crippen LogP contribution in [0.4, 0.5) is 0 Å². The minimum absolute atomic E-state index is 0.0190. The van der Waals surface area contributed by atoms with E-state index in [1.807, 2.05) is 42.9 Å². The van der Waals surface area contributed by atoms with E-state index in [1.165, 1.54) is 11.1 Å². The van der Waals surface area contributed by atoms with Crippen molar-refractivity contribution in [2.24, 2.45) is 7.05 Å². The Hall–Kier alpha value is -2.10. The van der Waals surface area contributed by atoms with Gasteiger partial charge in [0.1, 0.15) is 0 Å². The quantitative estimate of drug-likeness (QED) is 0.922. The van der Waals surface area contributed by atoms with E-state index in [-0.39, 0.29) is 5.91 Å². The van der Waals surface area contributed by atoms with Gasteiger partial charge in [0.15, 0.2) is 0 Å². The van der Waals surface area contributed by atoms with E-state index >= 15 is 0 Å². The topological polar surface area (TPSA) is 46.9 Å². The maximum Gasteiger partial charge on any atom is 0.251 e. The Morgan fingerprint density at radius 3 is 2.36 bits per heavy atom. The summed E-state index contributed by atoms with van der Waals surface area (Å²) in [5.41, 5.74) is 5.38. The highest BCUT2D eigenvalue weighted by Gasteiger charge is 2.10. The molecule has 0 aliphatic rings. The molecule has 1 N–H and O–H groups in total. The fourth-order valence-corrected chi connectivity index (χ4v) is 2.60. The van der Waals surface area contributed by atoms with E-state index in [2.05, 4.69) is 31.2 Å². The molecule has 4 nitrogen and oxygen atoms in total. The van der Waals surface area contributed by atoms with Crippen LogP contribution < -0.4 is 5.32 Å². The first-order valence-corrected chi connectivity index (χ1v) is 7.77. The third-order valence-corrected chi connectivity index (χ3v) is 4.16. The first kappa shape index (κ1) is 16.3. The summed E-state index contributed by atoms with van der Waals surface area (Å²) in [7, 11) is 1.95. The summed E-state index contributed by atoms with van der Waals surface area (Å²) in [6.45, 7) is 8.98. The van der Waals surface area contributed by atoms with Crippen LogP contribution in [-0.4, -0.2) is 22.2 Å². The lowest BCUT2D eigenvalue weighted by atomic mass is 10.0. The van der Waals surface area contributed by atoms with Gasteiger partial charge in [0.2, 0.25) is 0 Å². The monoisotopic (exact) mass is 299 g/mol. The number of carbonyl (C=O) groups is 1. The van der Waals surface area contributed by atoms with Crippen LogP contribution in [0.5, 0.6) is 0 Å². The number of nitrogens with zero attached hydrogens (tertiary/aromatic N) is 2. The zero-order valence-electron chi connectivity index (χ0n) is 14.1. The summed E-state index contributed by atoms with van der Waals surface area (Å²) in [5.74, 6) is 0.461. The molecule has 0 saturated carbocycles. The molecule has 22 heavy (non-hydrogen) atoms. The van der Waals surface area contributed by atoms with Gasteiger partial charge < -0.3 is 5.32 Å². The number of hydrogen-bond acceptors (Lipinski definition) is 2. The minimum Gasteiger partial charge on any atom is -0.352 e. The second-order valence-corrected chi connectivity index (χ2v) is 6.06. The number of hydrogen-bond donors (Lipinski definition) is 1. The number of benzene rings is 1. The normalized spacial score (nSPS) is 11.0. The molecule has 2 aromatic rings. The van der Waals surface area contributed by atoms with Gasteiger partial charge >= 0.3 is 0 Å². The van der Waals surface area contributed by atoms with Gasteiger partial charge in [-0.3, -0.25) is 9.48 Å². The van der Waals surface area contributed by atoms with Gasteiger partial charge in [0.05, 0.1) is 5.69 Å². The van der Waals surface area contributed by atoms with Crippen molar-refractivity contribution in [1.29, 1.82) is 0 Å². The van der Waals surface area contributed by atoms with Crippen molar-refractivity contribution < 1.29 is 4.79 Å². The maximum atomic E-state index is 12.2. The van der Waals surface area contributed by atoms with Crippen molar-refractivity contribution in [2.45, 2.75) is 40.0 Å². The molecule has 4 heteroatoms. The Balaban J connectivity index is 1.92. The average Bonchev–Trinajstić information content (AvgIpc) is 2.73. The van der Waals surface area contributed by atoms with E-state index in [0.717, 1.165) is 17.8 Å². The molecule has 1 heterocycles. The van der Waals surface area contributed by atoms with Crippen LogP contribution in [-0.2, 0) is 13.5 Å². The molecule has 1 amide bonds. The van der Waals surface area contributed by atoms with Crippen molar-refractivity contribution >= 4 is 5.91 Å². The second kappa shape index (κ2) is 6.77. The van der Waals surface area contributed by atoms with Crippen molar-refractivity contribution in [3.8, 4) is 0 Å². The van der Waals surface area contributed by atoms with Crippen LogP contribution in [0, 0.1) is 13.8 Å². The zero-order chi connectivity index (χ0) is 16.3. The van der Waals surface area contributed by atoms with Crippen molar-refractivity contribution in [3.63, 3.8) is 0 Å². The molecule has 0 radical (unpaired) electrons. The largest absolute Gasteiger partial charge is 0.352 e. The molecule has 2 rings (SSSR count). The Morgan fingerprint density at radius 1 is 1.23 bits per heavy atom. The molecule has 118 valence electrons. The molecule has 1 aromatic carbocycles. The fraction of sp³-hybridized carbons (Fsp3) is 0.444. The van der Waals surface area contributed by atoms with Gasteiger partial charge in [-0.05, 0) is 49.4 Å². The standard InChI is InChI=1S/C18H25N3O/c1-12(2)15-6-8-16(9-7-15)18(22)19-11-10-17-13(3)20-21(5)14(17)4/h6-9,12H,10-11H2,1-5H3,(H,19,22). The van der Waals surface area contributed by atoms with E-state index in [0.29, 0.717) is 18.0 Å². The van der Waals surface area contributed by atoms with Crippen LogP contribution in [0.15, 0.2) is 24.3 Å². The van der Waals surface area contributed by atoms with E-state index in [4.69, 9.17) is 0 Å². The molecule has 0 spiro atoms. The third kappa shape index (κ3) is 3.56. The Labute approximate surface area is 132 Å². The first-order chi connectivity index (χ1) is 10.4. The lowest BCUT2D eigenvalue weighted by Gasteiger charge is -2.08. The highest BCUT2D eigenvalue weighted by molar-refractivity contribution is 5.94. The van der Waals surface area contributed by atoms with Gasteiger partial charge in [0, 0.05) is 24.8 Å². The van der Waals surface area contributed by atoms with Crippen molar-refractivity contribution in [3.05, 3.63) is 52.3 Å². The Kier molecular flexibility index (Phi) is 5.01. The lowest BCUT2D eigenvalue weighted by molar-refractivity contribution is 0.0954. The zero-order valence-corrected chi connectivity index (χ0v) is 14.1. The molecular formula is C18H25N3O. The van der Waals surface area contributed by atoms with Crippen molar-refractivity contribution in [2.75, 3.05) is 6.54 Å². The van der Waals surface area contributed by atoms with Crippen LogP contribution in [0.2, 0.25) is 0 Å². The lowest BCUT2D eigenvalue weighted by Crippen LogP contribution is -2.25. The number of amides is 1. The second-order valence-electron chi connectivity index (χ2n) is 6.06. The molecule has 0 saturated heterocycles. The SMILES string of the molecule is Cc1nn(C)c(C)c1CCNC(=O)c1ccc(C(C)C)cc1. The predicted molar refractivity (Wildman–Crippen MR) is 89.3 cm³/mol. The third-order valence-electron chi connectivity index (χ3n) is 4.16. The van der Waals surface area contributed by atoms with Crippen LogP contribution in [0.3, 0.4) is 0 Å². The van der Waals surface area contributed by atoms with Gasteiger partial charge in [-0.15, -0.1) is 0 Å². The van der Waals surface area contributed by atoms with Gasteiger partial charge in [0.25, 0.3) is 5.91 Å². The number of nitrogens with one attached hydrogen (secondary N) is 1. The fourth-order valence-electron chi connectivity index (χ4n) is 2.60. The average molecular weight is 299 g/mol. The molecule has 0 atom stereocenters. The summed E-state index contributed by atoms with van der Waals surface area (Å²) in [6, 6.07) is 7.83. The molecule has 0 aliphatic heterocycles. The number of aromatic nitrogens is 2. The highest BCUT2D eigenvalue weighted by atomic mass is 16.1. The predicted octanol–water partition coefficient (Wildman–Crippen LogP) is 3.13. The smallest absolute Gasteiger partial charge is 0.251 e.